The van der Waals surface area contributed by atoms with Crippen molar-refractivity contribution >= 4 is 11.9 Å². The van der Waals surface area contributed by atoms with Crippen molar-refractivity contribution < 1.29 is 14.7 Å². The summed E-state index contributed by atoms with van der Waals surface area (Å²) in [6, 6.07) is 0.560. The molecule has 0 aromatic carbocycles. The Labute approximate surface area is 114 Å². The number of nitrogens with one attached hydrogen (secondary N) is 1. The minimum Gasteiger partial charge on any atom is -0.480 e. The second kappa shape index (κ2) is 5.90. The van der Waals surface area contributed by atoms with Gasteiger partial charge in [-0.2, -0.15) is 0 Å². The molecular formula is C14H24N2O3. The molecule has 2 aliphatic carbocycles. The zero-order valence-corrected chi connectivity index (χ0v) is 11.8. The Bertz CT molecular complexity index is 347. The molecule has 0 aliphatic heterocycles. The zero-order chi connectivity index (χ0) is 14.0. The van der Waals surface area contributed by atoms with Gasteiger partial charge in [-0.25, -0.2) is 0 Å². The van der Waals surface area contributed by atoms with Crippen molar-refractivity contribution in [3.63, 3.8) is 0 Å². The summed E-state index contributed by atoms with van der Waals surface area (Å²) in [5.41, 5.74) is 0. The quantitative estimate of drug-likeness (QED) is 0.725. The van der Waals surface area contributed by atoms with Crippen LogP contribution in [0.2, 0.25) is 0 Å². The fourth-order valence-electron chi connectivity index (χ4n) is 2.52. The first kappa shape index (κ1) is 14.3. The van der Waals surface area contributed by atoms with Gasteiger partial charge in [0.05, 0.1) is 6.54 Å². The van der Waals surface area contributed by atoms with E-state index >= 15 is 0 Å². The summed E-state index contributed by atoms with van der Waals surface area (Å²) in [5.74, 6) is 0.0510. The third-order valence-corrected chi connectivity index (χ3v) is 4.03. The van der Waals surface area contributed by atoms with Crippen LogP contribution < -0.4 is 5.32 Å². The highest BCUT2D eigenvalue weighted by molar-refractivity contribution is 5.78. The summed E-state index contributed by atoms with van der Waals surface area (Å²) in [6.45, 7) is 4.80. The van der Waals surface area contributed by atoms with Gasteiger partial charge in [0, 0.05) is 24.5 Å². The highest BCUT2D eigenvalue weighted by Gasteiger charge is 2.37. The Hall–Kier alpha value is -1.10. The third-order valence-electron chi connectivity index (χ3n) is 4.03. The number of nitrogens with zero attached hydrogens (tertiary/aromatic N) is 1. The van der Waals surface area contributed by atoms with E-state index in [4.69, 9.17) is 5.11 Å². The molecule has 108 valence electrons. The van der Waals surface area contributed by atoms with Gasteiger partial charge in [0.25, 0.3) is 0 Å². The maximum Gasteiger partial charge on any atom is 0.317 e. The summed E-state index contributed by atoms with van der Waals surface area (Å²) in [6.07, 6.45) is 4.24. The van der Waals surface area contributed by atoms with Gasteiger partial charge in [0.2, 0.25) is 5.91 Å². The highest BCUT2D eigenvalue weighted by Crippen LogP contribution is 2.33. The summed E-state index contributed by atoms with van der Waals surface area (Å²) >= 11 is 0. The summed E-state index contributed by atoms with van der Waals surface area (Å²) in [4.78, 5) is 24.5. The van der Waals surface area contributed by atoms with Gasteiger partial charge in [0.1, 0.15) is 0 Å². The van der Waals surface area contributed by atoms with Crippen LogP contribution in [0.5, 0.6) is 0 Å². The second-order valence-electron chi connectivity index (χ2n) is 6.25. The monoisotopic (exact) mass is 268 g/mol. The van der Waals surface area contributed by atoms with E-state index in [0.717, 1.165) is 19.4 Å². The summed E-state index contributed by atoms with van der Waals surface area (Å²) in [5, 5.41) is 12.0. The van der Waals surface area contributed by atoms with E-state index in [9.17, 15) is 9.59 Å². The van der Waals surface area contributed by atoms with E-state index in [1.54, 1.807) is 0 Å². The lowest BCUT2D eigenvalue weighted by atomic mass is 9.85. The molecule has 2 fully saturated rings. The van der Waals surface area contributed by atoms with Crippen LogP contribution in [0.4, 0.5) is 0 Å². The number of hydrogen-bond acceptors (Lipinski definition) is 3. The Morgan fingerprint density at radius 1 is 1.32 bits per heavy atom. The average molecular weight is 268 g/mol. The molecule has 0 aromatic rings. The first-order valence-corrected chi connectivity index (χ1v) is 7.22. The average Bonchev–Trinajstić information content (AvgIpc) is 3.04. The summed E-state index contributed by atoms with van der Waals surface area (Å²) in [7, 11) is 0. The molecule has 0 radical (unpaired) electrons. The van der Waals surface area contributed by atoms with Crippen LogP contribution in [0, 0.1) is 11.8 Å². The first-order valence-electron chi connectivity index (χ1n) is 7.22. The molecule has 5 nitrogen and oxygen atoms in total. The maximum absolute atomic E-state index is 11.6. The lowest BCUT2D eigenvalue weighted by Gasteiger charge is -2.43. The fraction of sp³-hybridized carbons (Fsp3) is 0.857. The van der Waals surface area contributed by atoms with Crippen LogP contribution in [0.1, 0.15) is 39.5 Å². The van der Waals surface area contributed by atoms with E-state index in [2.05, 4.69) is 10.2 Å². The number of carboxylic acid groups (broad SMARTS) is 1. The second-order valence-corrected chi connectivity index (χ2v) is 6.25. The normalized spacial score (nSPS) is 26.3. The molecule has 1 amide bonds. The van der Waals surface area contributed by atoms with E-state index in [-0.39, 0.29) is 24.4 Å². The van der Waals surface area contributed by atoms with E-state index < -0.39 is 5.97 Å². The van der Waals surface area contributed by atoms with Crippen molar-refractivity contribution in [2.24, 2.45) is 11.8 Å². The lowest BCUT2D eigenvalue weighted by molar-refractivity contribution is -0.140. The Morgan fingerprint density at radius 2 is 1.95 bits per heavy atom. The topological polar surface area (TPSA) is 69.6 Å². The maximum atomic E-state index is 11.6. The van der Waals surface area contributed by atoms with Gasteiger partial charge >= 0.3 is 5.97 Å². The Morgan fingerprint density at radius 3 is 2.42 bits per heavy atom. The van der Waals surface area contributed by atoms with Crippen LogP contribution in [-0.2, 0) is 9.59 Å². The number of carboxylic acids is 1. The Kier molecular flexibility index (Phi) is 4.45. The number of rotatable bonds is 7. The van der Waals surface area contributed by atoms with Gasteiger partial charge in [-0.05, 0) is 31.6 Å². The predicted molar refractivity (Wildman–Crippen MR) is 71.7 cm³/mol. The van der Waals surface area contributed by atoms with Gasteiger partial charge < -0.3 is 10.4 Å². The van der Waals surface area contributed by atoms with Crippen molar-refractivity contribution in [3.8, 4) is 0 Å². The molecule has 0 spiro atoms. The van der Waals surface area contributed by atoms with Crippen molar-refractivity contribution in [1.29, 1.82) is 0 Å². The first-order chi connectivity index (χ1) is 8.95. The van der Waals surface area contributed by atoms with Crippen molar-refractivity contribution in [3.05, 3.63) is 0 Å². The van der Waals surface area contributed by atoms with Crippen molar-refractivity contribution in [1.82, 2.24) is 10.2 Å². The van der Waals surface area contributed by atoms with Gasteiger partial charge in [-0.15, -0.1) is 0 Å². The van der Waals surface area contributed by atoms with Crippen LogP contribution >= 0.6 is 0 Å². The largest absolute Gasteiger partial charge is 0.480 e. The third kappa shape index (κ3) is 4.20. The van der Waals surface area contributed by atoms with Crippen LogP contribution in [0.25, 0.3) is 0 Å². The van der Waals surface area contributed by atoms with Crippen LogP contribution in [0.3, 0.4) is 0 Å². The zero-order valence-electron chi connectivity index (χ0n) is 11.8. The van der Waals surface area contributed by atoms with Crippen LogP contribution in [-0.4, -0.2) is 47.1 Å². The molecule has 2 N–H and O–H groups in total. The smallest absolute Gasteiger partial charge is 0.317 e. The minimum absolute atomic E-state index is 0.0145. The molecule has 5 heteroatoms. The molecule has 2 rings (SSSR count). The molecule has 2 aliphatic rings. The molecule has 0 bridgehead atoms. The standard InChI is InChI=1S/C14H24N2O3/c1-9(2)14(19)15-11-5-12(6-11)16(8-13(17)18)7-10-3-4-10/h9-12H,3-8H2,1-2H3,(H,15,19)(H,17,18). The van der Waals surface area contributed by atoms with Gasteiger partial charge in [-0.1, -0.05) is 13.8 Å². The van der Waals surface area contributed by atoms with Gasteiger partial charge in [-0.3, -0.25) is 14.5 Å². The molecule has 0 saturated heterocycles. The van der Waals surface area contributed by atoms with Crippen molar-refractivity contribution in [2.75, 3.05) is 13.1 Å². The molecule has 0 aromatic heterocycles. The Balaban J connectivity index is 1.75. The van der Waals surface area contributed by atoms with E-state index in [1.165, 1.54) is 12.8 Å². The molecule has 2 saturated carbocycles. The van der Waals surface area contributed by atoms with Crippen molar-refractivity contribution in [2.45, 2.75) is 51.6 Å². The highest BCUT2D eigenvalue weighted by atomic mass is 16.4. The molecule has 19 heavy (non-hydrogen) atoms. The number of aliphatic carboxylic acids is 1. The molecular weight excluding hydrogens is 244 g/mol. The lowest BCUT2D eigenvalue weighted by Crippen LogP contribution is -2.55. The number of hydrogen-bond donors (Lipinski definition) is 2. The van der Waals surface area contributed by atoms with E-state index in [0.29, 0.717) is 12.0 Å². The minimum atomic E-state index is -0.754. The molecule has 0 atom stereocenters. The summed E-state index contributed by atoms with van der Waals surface area (Å²) < 4.78 is 0. The van der Waals surface area contributed by atoms with Crippen LogP contribution in [0.15, 0.2) is 0 Å². The SMILES string of the molecule is CC(C)C(=O)NC1CC(N(CC(=O)O)CC2CC2)C1. The fourth-order valence-corrected chi connectivity index (χ4v) is 2.52. The van der Waals surface area contributed by atoms with E-state index in [1.807, 2.05) is 13.8 Å². The number of amides is 1. The predicted octanol–water partition coefficient (Wildman–Crippen LogP) is 1.09. The van der Waals surface area contributed by atoms with Gasteiger partial charge in [0.15, 0.2) is 0 Å². The number of carbonyl (C=O) groups is 2. The molecule has 0 heterocycles. The number of carbonyl (C=O) groups excluding carboxylic acids is 1. The molecule has 0 unspecified atom stereocenters.